The summed E-state index contributed by atoms with van der Waals surface area (Å²) in [4.78, 5) is 142. The van der Waals surface area contributed by atoms with Gasteiger partial charge in [0.1, 0.15) is 36.3 Å². The highest BCUT2D eigenvalue weighted by atomic mass is 16.4. The highest BCUT2D eigenvalue weighted by Gasteiger charge is 2.37. The number of nitrogens with one attached hydrogen (secondary N) is 9. The minimum atomic E-state index is -1.35. The van der Waals surface area contributed by atoms with Gasteiger partial charge in [-0.3, -0.25) is 47.9 Å². The molecule has 0 unspecified atom stereocenters. The topological polar surface area (TPSA) is 392 Å². The maximum Gasteiger partial charge on any atom is 0.326 e. The number of nitrogens with two attached hydrogens (primary N) is 2. The molecule has 15 N–H and O–H groups in total. The molecule has 0 radical (unpaired) electrons. The molecule has 0 spiro atoms. The smallest absolute Gasteiger partial charge is 0.326 e. The van der Waals surface area contributed by atoms with Crippen LogP contribution in [0.1, 0.15) is 92.4 Å². The lowest BCUT2D eigenvalue weighted by atomic mass is 10.0. The molecule has 2 saturated heterocycles. The van der Waals surface area contributed by atoms with Crippen molar-refractivity contribution < 1.29 is 63.0 Å². The second kappa shape index (κ2) is 28.2. The van der Waals surface area contributed by atoms with E-state index in [1.165, 1.54) is 11.8 Å². The molecule has 2 aliphatic heterocycles. The largest absolute Gasteiger partial charge is 0.480 e. The second-order valence-corrected chi connectivity index (χ2v) is 17.3. The highest BCUT2D eigenvalue weighted by molar-refractivity contribution is 5.97. The van der Waals surface area contributed by atoms with Crippen molar-refractivity contribution in [3.63, 3.8) is 0 Å². The van der Waals surface area contributed by atoms with E-state index in [1.54, 1.807) is 27.7 Å². The first-order valence-corrected chi connectivity index (χ1v) is 22.3. The number of primary amides is 1. The van der Waals surface area contributed by atoms with Gasteiger partial charge in [-0.15, -0.1) is 0 Å². The molecule has 25 heteroatoms. The third-order valence-electron chi connectivity index (χ3n) is 10.8. The summed E-state index contributed by atoms with van der Waals surface area (Å²) in [6.45, 7) is 7.27. The van der Waals surface area contributed by atoms with Crippen LogP contribution in [-0.2, 0) is 52.7 Å². The zero-order chi connectivity index (χ0) is 49.7. The van der Waals surface area contributed by atoms with Crippen molar-refractivity contribution in [1.82, 2.24) is 52.8 Å². The fourth-order valence-corrected chi connectivity index (χ4v) is 7.18. The number of likely N-dealkylation sites (tertiary alicyclic amines) is 1. The average molecular weight is 939 g/mol. The minimum absolute atomic E-state index is 0.125. The molecular formula is C41H70N12O13. The van der Waals surface area contributed by atoms with Crippen molar-refractivity contribution in [1.29, 1.82) is 0 Å². The number of carbonyl (C=O) groups excluding carboxylic acids is 10. The normalized spacial score (nSPS) is 19.0. The van der Waals surface area contributed by atoms with Crippen molar-refractivity contribution in [3.8, 4) is 0 Å². The lowest BCUT2D eigenvalue weighted by molar-refractivity contribution is -0.144. The number of rotatable bonds is 28. The number of carbonyl (C=O) groups is 11. The van der Waals surface area contributed by atoms with Gasteiger partial charge in [-0.25, -0.2) is 4.79 Å². The van der Waals surface area contributed by atoms with E-state index in [0.717, 1.165) is 0 Å². The van der Waals surface area contributed by atoms with Crippen LogP contribution in [0.4, 0.5) is 0 Å². The van der Waals surface area contributed by atoms with E-state index in [2.05, 4.69) is 47.9 Å². The number of hydrogen-bond donors (Lipinski definition) is 13. The van der Waals surface area contributed by atoms with Gasteiger partial charge >= 0.3 is 5.97 Å². The molecule has 0 saturated carbocycles. The van der Waals surface area contributed by atoms with Gasteiger partial charge < -0.3 is 74.4 Å². The molecule has 2 fully saturated rings. The molecule has 8 atom stereocenters. The SMILES string of the molecule is CC(C)C[C@H](NC(=O)CNC(=O)[C@@H](NC(=O)[C@H](CCC(N)=O)NC(=O)CNC(=O)[C@@H]1C[C@@H](O)CN1)C(C)C)C(=O)N[C@@H](C)C(=O)NCC(=O)N1CCC[C@H]1C(=O)N[C@@H](CCCCN)C(=O)O. The standard InChI is InChI=1S/C41H70N12O13/c1-21(2)15-28(38(62)48-23(5)35(59)47-20-33(58)53-14-8-10-29(53)39(63)51-26(41(65)66)9-6-7-13-42)50-32(57)19-46-40(64)34(22(3)4)52-37(61)25(11-12-30(43)55)49-31(56)18-45-36(60)27-16-24(54)17-44-27/h21-29,34,44,54H,6-20,42H2,1-5H3,(H2,43,55)(H,45,60)(H,46,64)(H,47,59)(H,48,62)(H,49,56)(H,50,57)(H,51,63)(H,52,61)(H,65,66)/t23-,24+,25-,26-,27-,28-,29-,34-/m0/s1. The second-order valence-electron chi connectivity index (χ2n) is 17.3. The Morgan fingerprint density at radius 2 is 1.33 bits per heavy atom. The summed E-state index contributed by atoms with van der Waals surface area (Å²) >= 11 is 0. The van der Waals surface area contributed by atoms with E-state index < -0.39 is 139 Å². The number of carboxylic acid groups (broad SMARTS) is 1. The summed E-state index contributed by atoms with van der Waals surface area (Å²) in [6, 6.07) is -7.73. The lowest BCUT2D eigenvalue weighted by Crippen LogP contribution is -2.58. The summed E-state index contributed by atoms with van der Waals surface area (Å²) in [7, 11) is 0. The van der Waals surface area contributed by atoms with Gasteiger partial charge in [-0.05, 0) is 76.7 Å². The van der Waals surface area contributed by atoms with Crippen molar-refractivity contribution in [3.05, 3.63) is 0 Å². The van der Waals surface area contributed by atoms with Crippen LogP contribution >= 0.6 is 0 Å². The summed E-state index contributed by atoms with van der Waals surface area (Å²) in [5.41, 5.74) is 10.7. The number of amides is 10. The molecule has 2 aliphatic rings. The van der Waals surface area contributed by atoms with Gasteiger partial charge in [0.2, 0.25) is 59.1 Å². The molecule has 0 aromatic carbocycles. The maximum atomic E-state index is 13.4. The molecule has 66 heavy (non-hydrogen) atoms. The quantitative estimate of drug-likeness (QED) is 0.0326. The summed E-state index contributed by atoms with van der Waals surface area (Å²) in [6.07, 6.45) is 1.04. The van der Waals surface area contributed by atoms with Crippen molar-refractivity contribution in [2.45, 2.75) is 141 Å². The molecule has 2 rings (SSSR count). The fraction of sp³-hybridized carbons (Fsp3) is 0.732. The van der Waals surface area contributed by atoms with E-state index >= 15 is 0 Å². The predicted octanol–water partition coefficient (Wildman–Crippen LogP) is -5.33. The monoisotopic (exact) mass is 939 g/mol. The lowest BCUT2D eigenvalue weighted by Gasteiger charge is -2.26. The van der Waals surface area contributed by atoms with Gasteiger partial charge in [0, 0.05) is 19.5 Å². The van der Waals surface area contributed by atoms with Crippen LogP contribution in [0.3, 0.4) is 0 Å². The Balaban J connectivity index is 1.95. The van der Waals surface area contributed by atoms with Crippen LogP contribution in [0, 0.1) is 11.8 Å². The molecule has 0 aromatic heterocycles. The van der Waals surface area contributed by atoms with Gasteiger partial charge in [-0.2, -0.15) is 0 Å². The predicted molar refractivity (Wildman–Crippen MR) is 235 cm³/mol. The van der Waals surface area contributed by atoms with Crippen LogP contribution in [0.25, 0.3) is 0 Å². The number of aliphatic carboxylic acids is 1. The first-order valence-electron chi connectivity index (χ1n) is 22.3. The van der Waals surface area contributed by atoms with Crippen LogP contribution in [0.5, 0.6) is 0 Å². The van der Waals surface area contributed by atoms with Crippen LogP contribution < -0.4 is 59.3 Å². The van der Waals surface area contributed by atoms with Gasteiger partial charge in [0.25, 0.3) is 0 Å². The molecule has 0 aromatic rings. The average Bonchev–Trinajstić information content (AvgIpc) is 3.93. The number of nitrogens with zero attached hydrogens (tertiary/aromatic N) is 1. The van der Waals surface area contributed by atoms with Crippen molar-refractivity contribution in [2.75, 3.05) is 39.3 Å². The zero-order valence-electron chi connectivity index (χ0n) is 38.4. The molecule has 25 nitrogen and oxygen atoms in total. The summed E-state index contributed by atoms with van der Waals surface area (Å²) in [5, 5.41) is 41.7. The van der Waals surface area contributed by atoms with Gasteiger partial charge in [0.05, 0.1) is 31.8 Å². The third-order valence-corrected chi connectivity index (χ3v) is 10.8. The van der Waals surface area contributed by atoms with Crippen molar-refractivity contribution >= 4 is 65.0 Å². The number of aliphatic hydroxyl groups excluding tert-OH is 1. The first-order chi connectivity index (χ1) is 31.0. The Labute approximate surface area is 383 Å². The molecule has 0 bridgehead atoms. The Morgan fingerprint density at radius 1 is 0.712 bits per heavy atom. The van der Waals surface area contributed by atoms with E-state index in [-0.39, 0.29) is 51.1 Å². The van der Waals surface area contributed by atoms with Crippen molar-refractivity contribution in [2.24, 2.45) is 23.3 Å². The fourth-order valence-electron chi connectivity index (χ4n) is 7.18. The van der Waals surface area contributed by atoms with E-state index in [4.69, 9.17) is 11.5 Å². The number of unbranched alkanes of at least 4 members (excludes halogenated alkanes) is 1. The Morgan fingerprint density at radius 3 is 1.91 bits per heavy atom. The number of carboxylic acids is 1. The van der Waals surface area contributed by atoms with E-state index in [1.807, 2.05) is 0 Å². The van der Waals surface area contributed by atoms with Crippen LogP contribution in [-0.4, -0.2) is 168 Å². The van der Waals surface area contributed by atoms with Gasteiger partial charge in [-0.1, -0.05) is 27.7 Å². The maximum absolute atomic E-state index is 13.4. The van der Waals surface area contributed by atoms with Crippen LogP contribution in [0.15, 0.2) is 0 Å². The zero-order valence-corrected chi connectivity index (χ0v) is 38.4. The minimum Gasteiger partial charge on any atom is -0.480 e. The van der Waals surface area contributed by atoms with Gasteiger partial charge in [0.15, 0.2) is 0 Å². The molecular weight excluding hydrogens is 869 g/mol. The summed E-state index contributed by atoms with van der Waals surface area (Å²) in [5.74, 6) is -9.09. The Bertz CT molecular complexity index is 1750. The number of β-amino-alcohol motifs (C(OH)–C–C–N with tert-alkyl or cyclic N) is 1. The van der Waals surface area contributed by atoms with Crippen LogP contribution in [0.2, 0.25) is 0 Å². The molecule has 2 heterocycles. The summed E-state index contributed by atoms with van der Waals surface area (Å²) < 4.78 is 0. The highest BCUT2D eigenvalue weighted by Crippen LogP contribution is 2.18. The number of aliphatic hydroxyl groups is 1. The Kier molecular flexibility index (Phi) is 24.0. The molecule has 372 valence electrons. The number of hydrogen-bond acceptors (Lipinski definition) is 14. The van der Waals surface area contributed by atoms with E-state index in [0.29, 0.717) is 32.2 Å². The molecule has 0 aliphatic carbocycles. The third kappa shape index (κ3) is 19.7. The first kappa shape index (κ1) is 56.2. The van der Waals surface area contributed by atoms with E-state index in [9.17, 15) is 63.0 Å². The molecule has 10 amide bonds. The Hall–Kier alpha value is -5.95.